The minimum atomic E-state index is -3.68. The van der Waals surface area contributed by atoms with Gasteiger partial charge in [-0.15, -0.1) is 0 Å². The van der Waals surface area contributed by atoms with Crippen LogP contribution in [0.25, 0.3) is 0 Å². The van der Waals surface area contributed by atoms with Gasteiger partial charge in [0.05, 0.1) is 28.8 Å². The molecule has 0 bridgehead atoms. The molecule has 2 aromatic rings. The van der Waals surface area contributed by atoms with Crippen molar-refractivity contribution in [1.82, 2.24) is 0 Å². The normalized spacial score (nSPS) is 11.0. The number of rotatable bonds is 6. The molecule has 22 heavy (non-hydrogen) atoms. The van der Waals surface area contributed by atoms with Gasteiger partial charge in [0.1, 0.15) is 11.5 Å². The Kier molecular flexibility index (Phi) is 5.31. The predicted octanol–water partition coefficient (Wildman–Crippen LogP) is 3.66. The van der Waals surface area contributed by atoms with E-state index in [-0.39, 0.29) is 4.90 Å². The lowest BCUT2D eigenvalue weighted by Gasteiger charge is -2.11. The fourth-order valence-electron chi connectivity index (χ4n) is 1.84. The second-order valence-electron chi connectivity index (χ2n) is 4.36. The van der Waals surface area contributed by atoms with Crippen LogP contribution in [0.2, 0.25) is 0 Å². The summed E-state index contributed by atoms with van der Waals surface area (Å²) in [5.41, 5.74) is 0.442. The zero-order valence-corrected chi connectivity index (χ0v) is 14.6. The number of halogens is 1. The van der Waals surface area contributed by atoms with E-state index >= 15 is 0 Å². The molecule has 0 aliphatic heterocycles. The van der Waals surface area contributed by atoms with Crippen molar-refractivity contribution in [3.63, 3.8) is 0 Å². The lowest BCUT2D eigenvalue weighted by Crippen LogP contribution is -2.13. The van der Waals surface area contributed by atoms with Crippen LogP contribution in [0, 0.1) is 0 Å². The van der Waals surface area contributed by atoms with E-state index in [0.29, 0.717) is 28.3 Å². The lowest BCUT2D eigenvalue weighted by atomic mass is 10.3. The van der Waals surface area contributed by atoms with Gasteiger partial charge in [-0.05, 0) is 53.2 Å². The Morgan fingerprint density at radius 2 is 1.95 bits per heavy atom. The summed E-state index contributed by atoms with van der Waals surface area (Å²) in [6.45, 7) is 2.38. The molecular formula is C15H16BrNO4S. The standard InChI is InChI=1S/C15H16BrNO4S/c1-3-21-12-6-4-5-11(9-12)17-22(18,19)13-7-8-15(20-2)14(16)10-13/h4-10,17H,3H2,1-2H3. The first-order chi connectivity index (χ1) is 10.5. The number of anilines is 1. The molecule has 0 unspecified atom stereocenters. The van der Waals surface area contributed by atoms with E-state index in [0.717, 1.165) is 0 Å². The van der Waals surface area contributed by atoms with Gasteiger partial charge in [0.15, 0.2) is 0 Å². The molecule has 1 N–H and O–H groups in total. The van der Waals surface area contributed by atoms with E-state index in [1.807, 2.05) is 6.92 Å². The van der Waals surface area contributed by atoms with Gasteiger partial charge in [0.2, 0.25) is 0 Å². The van der Waals surface area contributed by atoms with Crippen LogP contribution in [-0.2, 0) is 10.0 Å². The Morgan fingerprint density at radius 3 is 2.59 bits per heavy atom. The van der Waals surface area contributed by atoms with Gasteiger partial charge in [0.25, 0.3) is 10.0 Å². The molecule has 5 nitrogen and oxygen atoms in total. The summed E-state index contributed by atoms with van der Waals surface area (Å²) in [6, 6.07) is 11.4. The maximum Gasteiger partial charge on any atom is 0.261 e. The van der Waals surface area contributed by atoms with E-state index in [9.17, 15) is 8.42 Å². The van der Waals surface area contributed by atoms with Crippen molar-refractivity contribution < 1.29 is 17.9 Å². The average Bonchev–Trinajstić information content (AvgIpc) is 2.47. The monoisotopic (exact) mass is 385 g/mol. The predicted molar refractivity (Wildman–Crippen MR) is 89.1 cm³/mol. The molecule has 0 fully saturated rings. The zero-order valence-electron chi connectivity index (χ0n) is 12.2. The number of benzene rings is 2. The van der Waals surface area contributed by atoms with Crippen molar-refractivity contribution in [2.75, 3.05) is 18.4 Å². The Morgan fingerprint density at radius 1 is 1.18 bits per heavy atom. The number of sulfonamides is 1. The van der Waals surface area contributed by atoms with Gasteiger partial charge in [-0.3, -0.25) is 4.72 Å². The highest BCUT2D eigenvalue weighted by Crippen LogP contribution is 2.28. The van der Waals surface area contributed by atoms with Gasteiger partial charge >= 0.3 is 0 Å². The fourth-order valence-corrected chi connectivity index (χ4v) is 3.61. The molecule has 0 aliphatic carbocycles. The number of nitrogens with one attached hydrogen (secondary N) is 1. The highest BCUT2D eigenvalue weighted by Gasteiger charge is 2.16. The third-order valence-corrected chi connectivity index (χ3v) is 4.83. The molecule has 0 amide bonds. The first kappa shape index (κ1) is 16.6. The van der Waals surface area contributed by atoms with Crippen molar-refractivity contribution in [1.29, 1.82) is 0 Å². The SMILES string of the molecule is CCOc1cccc(NS(=O)(=O)c2ccc(OC)c(Br)c2)c1. The van der Waals surface area contributed by atoms with Gasteiger partial charge in [-0.1, -0.05) is 6.07 Å². The molecule has 2 aromatic carbocycles. The third kappa shape index (κ3) is 3.92. The average molecular weight is 386 g/mol. The van der Waals surface area contributed by atoms with Crippen molar-refractivity contribution in [2.24, 2.45) is 0 Å². The number of hydrogen-bond acceptors (Lipinski definition) is 4. The molecule has 118 valence electrons. The Bertz CT molecular complexity index is 762. The smallest absolute Gasteiger partial charge is 0.261 e. The van der Waals surface area contributed by atoms with Crippen LogP contribution < -0.4 is 14.2 Å². The molecule has 0 aliphatic rings. The topological polar surface area (TPSA) is 64.6 Å². The molecule has 0 spiro atoms. The summed E-state index contributed by atoms with van der Waals surface area (Å²) in [7, 11) is -2.16. The number of ether oxygens (including phenoxy) is 2. The van der Waals surface area contributed by atoms with Gasteiger partial charge < -0.3 is 9.47 Å². The quantitative estimate of drug-likeness (QED) is 0.823. The van der Waals surface area contributed by atoms with Crippen LogP contribution in [-0.4, -0.2) is 22.1 Å². The first-order valence-corrected chi connectivity index (χ1v) is 8.83. The van der Waals surface area contributed by atoms with Crippen LogP contribution in [0.4, 0.5) is 5.69 Å². The molecule has 0 aromatic heterocycles. The first-order valence-electron chi connectivity index (χ1n) is 6.55. The molecule has 7 heteroatoms. The Hall–Kier alpha value is -1.73. The highest BCUT2D eigenvalue weighted by atomic mass is 79.9. The lowest BCUT2D eigenvalue weighted by molar-refractivity contribution is 0.340. The molecule has 0 saturated carbocycles. The van der Waals surface area contributed by atoms with Gasteiger partial charge in [-0.2, -0.15) is 0 Å². The molecular weight excluding hydrogens is 370 g/mol. The summed E-state index contributed by atoms with van der Waals surface area (Å²) in [6.07, 6.45) is 0. The summed E-state index contributed by atoms with van der Waals surface area (Å²) in [5.74, 6) is 1.18. The Labute approximate surface area is 138 Å². The molecule has 0 atom stereocenters. The minimum absolute atomic E-state index is 0.141. The third-order valence-electron chi connectivity index (χ3n) is 2.83. The van der Waals surface area contributed by atoms with Gasteiger partial charge in [0, 0.05) is 6.07 Å². The molecule has 0 saturated heterocycles. The second-order valence-corrected chi connectivity index (χ2v) is 6.90. The number of methoxy groups -OCH3 is 1. The van der Waals surface area contributed by atoms with Crippen molar-refractivity contribution in [3.05, 3.63) is 46.9 Å². The van der Waals surface area contributed by atoms with Crippen LogP contribution in [0.15, 0.2) is 51.8 Å². The summed E-state index contributed by atoms with van der Waals surface area (Å²) >= 11 is 3.28. The zero-order chi connectivity index (χ0) is 16.2. The van der Waals surface area contributed by atoms with E-state index in [1.165, 1.54) is 19.2 Å². The maximum atomic E-state index is 12.4. The van der Waals surface area contributed by atoms with Crippen LogP contribution in [0.5, 0.6) is 11.5 Å². The molecule has 0 radical (unpaired) electrons. The van der Waals surface area contributed by atoms with E-state index in [1.54, 1.807) is 30.3 Å². The van der Waals surface area contributed by atoms with Crippen LogP contribution in [0.1, 0.15) is 6.92 Å². The minimum Gasteiger partial charge on any atom is -0.496 e. The van der Waals surface area contributed by atoms with Crippen LogP contribution in [0.3, 0.4) is 0 Å². The van der Waals surface area contributed by atoms with Crippen molar-refractivity contribution >= 4 is 31.6 Å². The molecule has 0 heterocycles. The molecule has 2 rings (SSSR count). The summed E-state index contributed by atoms with van der Waals surface area (Å²) in [5, 5.41) is 0. The number of hydrogen-bond donors (Lipinski definition) is 1. The van der Waals surface area contributed by atoms with Crippen molar-refractivity contribution in [2.45, 2.75) is 11.8 Å². The summed E-state index contributed by atoms with van der Waals surface area (Å²) < 4.78 is 38.4. The highest BCUT2D eigenvalue weighted by molar-refractivity contribution is 9.10. The van der Waals surface area contributed by atoms with E-state index in [2.05, 4.69) is 20.7 Å². The van der Waals surface area contributed by atoms with Gasteiger partial charge in [-0.25, -0.2) is 8.42 Å². The second kappa shape index (κ2) is 7.02. The van der Waals surface area contributed by atoms with Crippen molar-refractivity contribution in [3.8, 4) is 11.5 Å². The summed E-state index contributed by atoms with van der Waals surface area (Å²) in [4.78, 5) is 0.141. The fraction of sp³-hybridized carbons (Fsp3) is 0.200. The van der Waals surface area contributed by atoms with E-state index < -0.39 is 10.0 Å². The Balaban J connectivity index is 2.27. The van der Waals surface area contributed by atoms with Crippen LogP contribution >= 0.6 is 15.9 Å². The largest absolute Gasteiger partial charge is 0.496 e. The maximum absolute atomic E-state index is 12.4. The van der Waals surface area contributed by atoms with E-state index in [4.69, 9.17) is 9.47 Å².